The van der Waals surface area contributed by atoms with E-state index in [0.29, 0.717) is 32.8 Å². The van der Waals surface area contributed by atoms with Crippen LogP contribution in [0.4, 0.5) is 5.69 Å². The zero-order valence-corrected chi connectivity index (χ0v) is 21.7. The minimum atomic E-state index is -0.889. The summed E-state index contributed by atoms with van der Waals surface area (Å²) < 4.78 is 11.2. The Morgan fingerprint density at radius 2 is 1.64 bits per heavy atom. The zero-order valence-electron chi connectivity index (χ0n) is 20.2. The molecule has 3 rings (SSSR count). The minimum Gasteiger partial charge on any atom is -0.493 e. The number of para-hydroxylation sites is 1. The van der Waals surface area contributed by atoms with Crippen LogP contribution in [0.15, 0.2) is 59.7 Å². The van der Waals surface area contributed by atoms with E-state index < -0.39 is 11.8 Å². The first-order valence-electron chi connectivity index (χ1n) is 11.4. The summed E-state index contributed by atoms with van der Waals surface area (Å²) in [5.41, 5.74) is 6.28. The van der Waals surface area contributed by atoms with E-state index in [1.807, 2.05) is 44.2 Å². The molecule has 0 spiro atoms. The van der Waals surface area contributed by atoms with Crippen molar-refractivity contribution in [2.75, 3.05) is 12.4 Å². The van der Waals surface area contributed by atoms with Crippen LogP contribution < -0.4 is 20.2 Å². The van der Waals surface area contributed by atoms with Crippen molar-refractivity contribution < 1.29 is 19.1 Å². The van der Waals surface area contributed by atoms with Crippen LogP contribution in [0.3, 0.4) is 0 Å². The van der Waals surface area contributed by atoms with Gasteiger partial charge in [-0.1, -0.05) is 67.4 Å². The lowest BCUT2D eigenvalue weighted by atomic mass is 10.0. The highest BCUT2D eigenvalue weighted by atomic mass is 35.5. The summed E-state index contributed by atoms with van der Waals surface area (Å²) in [6, 6.07) is 16.3. The lowest BCUT2D eigenvalue weighted by molar-refractivity contribution is -0.136. The molecule has 0 radical (unpaired) electrons. The van der Waals surface area contributed by atoms with Gasteiger partial charge in [0.2, 0.25) is 0 Å². The number of aryl methyl sites for hydroxylation is 2. The van der Waals surface area contributed by atoms with Crippen LogP contribution in [-0.2, 0) is 29.0 Å². The van der Waals surface area contributed by atoms with Gasteiger partial charge in [0.1, 0.15) is 6.61 Å². The lowest BCUT2D eigenvalue weighted by Crippen LogP contribution is -2.33. The number of halogens is 2. The molecule has 2 amide bonds. The smallest absolute Gasteiger partial charge is 0.329 e. The van der Waals surface area contributed by atoms with Crippen LogP contribution in [0.1, 0.15) is 36.1 Å². The number of hydrazone groups is 1. The van der Waals surface area contributed by atoms with E-state index in [4.69, 9.17) is 32.7 Å². The van der Waals surface area contributed by atoms with Crippen LogP contribution in [0, 0.1) is 0 Å². The number of anilines is 1. The van der Waals surface area contributed by atoms with E-state index in [2.05, 4.69) is 15.8 Å². The average molecular weight is 528 g/mol. The molecule has 0 saturated heterocycles. The van der Waals surface area contributed by atoms with Crippen molar-refractivity contribution in [1.29, 1.82) is 0 Å². The van der Waals surface area contributed by atoms with Gasteiger partial charge in [-0.05, 0) is 59.4 Å². The van der Waals surface area contributed by atoms with E-state index in [0.717, 1.165) is 29.5 Å². The number of methoxy groups -OCH3 is 1. The number of carbonyl (C=O) groups is 2. The molecule has 0 unspecified atom stereocenters. The van der Waals surface area contributed by atoms with Crippen LogP contribution in [0.25, 0.3) is 0 Å². The number of nitrogens with one attached hydrogen (secondary N) is 2. The monoisotopic (exact) mass is 527 g/mol. The van der Waals surface area contributed by atoms with Crippen molar-refractivity contribution in [2.45, 2.75) is 33.3 Å². The number of hydrogen-bond donors (Lipinski definition) is 2. The highest BCUT2D eigenvalue weighted by molar-refractivity contribution is 6.39. The van der Waals surface area contributed by atoms with E-state index in [1.54, 1.807) is 24.3 Å². The third kappa shape index (κ3) is 6.99. The number of ether oxygens (including phenoxy) is 2. The van der Waals surface area contributed by atoms with Gasteiger partial charge in [-0.3, -0.25) is 9.59 Å². The second-order valence-electron chi connectivity index (χ2n) is 7.76. The molecule has 9 heteroatoms. The van der Waals surface area contributed by atoms with Gasteiger partial charge in [0, 0.05) is 10.7 Å². The molecular formula is C27H27Cl2N3O4. The molecule has 0 atom stereocenters. The largest absolute Gasteiger partial charge is 0.493 e. The number of amides is 2. The summed E-state index contributed by atoms with van der Waals surface area (Å²) in [6.07, 6.45) is 2.82. The van der Waals surface area contributed by atoms with Gasteiger partial charge in [0.25, 0.3) is 0 Å². The van der Waals surface area contributed by atoms with Gasteiger partial charge in [-0.25, -0.2) is 5.43 Å². The predicted molar refractivity (Wildman–Crippen MR) is 143 cm³/mol. The average Bonchev–Trinajstić information content (AvgIpc) is 2.88. The van der Waals surface area contributed by atoms with Gasteiger partial charge in [-0.2, -0.15) is 5.10 Å². The second-order valence-corrected chi connectivity index (χ2v) is 8.60. The Morgan fingerprint density at radius 1 is 0.972 bits per heavy atom. The molecule has 0 saturated carbocycles. The molecule has 7 nitrogen and oxygen atoms in total. The van der Waals surface area contributed by atoms with E-state index in [9.17, 15) is 9.59 Å². The number of hydrogen-bond acceptors (Lipinski definition) is 5. The van der Waals surface area contributed by atoms with Crippen LogP contribution in [0.2, 0.25) is 10.0 Å². The molecule has 0 fully saturated rings. The Morgan fingerprint density at radius 3 is 2.25 bits per heavy atom. The Bertz CT molecular complexity index is 1240. The SMILES string of the molecule is CCc1cccc(CC)c1NC(=O)C(=O)N/N=C\c1cc(Cl)c(OCc2ccc(Cl)cc2)c(OC)c1. The maximum Gasteiger partial charge on any atom is 0.329 e. The molecule has 3 aromatic carbocycles. The first kappa shape index (κ1) is 27.0. The molecular weight excluding hydrogens is 501 g/mol. The quantitative estimate of drug-likeness (QED) is 0.209. The fraction of sp³-hybridized carbons (Fsp3) is 0.222. The van der Waals surface area contributed by atoms with Gasteiger partial charge in [-0.15, -0.1) is 0 Å². The number of nitrogens with zero attached hydrogens (tertiary/aromatic N) is 1. The molecule has 0 aliphatic heterocycles. The molecule has 0 heterocycles. The molecule has 3 aromatic rings. The van der Waals surface area contributed by atoms with Gasteiger partial charge in [0.15, 0.2) is 11.5 Å². The van der Waals surface area contributed by atoms with E-state index >= 15 is 0 Å². The van der Waals surface area contributed by atoms with Crippen LogP contribution in [-0.4, -0.2) is 25.1 Å². The fourth-order valence-corrected chi connectivity index (χ4v) is 3.88. The predicted octanol–water partition coefficient (Wildman–Crippen LogP) is 5.79. The summed E-state index contributed by atoms with van der Waals surface area (Å²) in [5.74, 6) is -0.925. The summed E-state index contributed by atoms with van der Waals surface area (Å²) in [6.45, 7) is 4.25. The number of carbonyl (C=O) groups excluding carboxylic acids is 2. The molecule has 0 aliphatic carbocycles. The van der Waals surface area contributed by atoms with Gasteiger partial charge >= 0.3 is 11.8 Å². The topological polar surface area (TPSA) is 89.0 Å². The minimum absolute atomic E-state index is 0.271. The summed E-state index contributed by atoms with van der Waals surface area (Å²) in [7, 11) is 1.49. The normalized spacial score (nSPS) is 10.8. The summed E-state index contributed by atoms with van der Waals surface area (Å²) in [4.78, 5) is 24.7. The molecule has 36 heavy (non-hydrogen) atoms. The zero-order chi connectivity index (χ0) is 26.1. The Hall–Kier alpha value is -3.55. The van der Waals surface area contributed by atoms with Crippen molar-refractivity contribution >= 4 is 46.9 Å². The Labute approximate surface area is 220 Å². The molecule has 0 bridgehead atoms. The third-order valence-electron chi connectivity index (χ3n) is 5.37. The van der Waals surface area contributed by atoms with Crippen molar-refractivity contribution in [3.63, 3.8) is 0 Å². The molecule has 0 aromatic heterocycles. The molecule has 0 aliphatic rings. The second kappa shape index (κ2) is 13.0. The first-order valence-corrected chi connectivity index (χ1v) is 12.1. The summed E-state index contributed by atoms with van der Waals surface area (Å²) in [5, 5.41) is 7.53. The Balaban J connectivity index is 1.65. The third-order valence-corrected chi connectivity index (χ3v) is 5.90. The van der Waals surface area contributed by atoms with Crippen molar-refractivity contribution in [2.24, 2.45) is 5.10 Å². The summed E-state index contributed by atoms with van der Waals surface area (Å²) >= 11 is 12.3. The van der Waals surface area contributed by atoms with Crippen molar-refractivity contribution in [3.05, 3.63) is 86.9 Å². The first-order chi connectivity index (χ1) is 17.4. The highest BCUT2D eigenvalue weighted by Gasteiger charge is 2.17. The van der Waals surface area contributed by atoms with Gasteiger partial charge < -0.3 is 14.8 Å². The number of benzene rings is 3. The van der Waals surface area contributed by atoms with Crippen LogP contribution >= 0.6 is 23.2 Å². The van der Waals surface area contributed by atoms with Crippen molar-refractivity contribution in [1.82, 2.24) is 5.43 Å². The highest BCUT2D eigenvalue weighted by Crippen LogP contribution is 2.36. The molecule has 2 N–H and O–H groups in total. The maximum absolute atomic E-state index is 12.4. The van der Waals surface area contributed by atoms with E-state index in [-0.39, 0.29) is 6.61 Å². The lowest BCUT2D eigenvalue weighted by Gasteiger charge is -2.14. The number of rotatable bonds is 9. The fourth-order valence-electron chi connectivity index (χ4n) is 3.48. The standard InChI is InChI=1S/C27H27Cl2N3O4/c1-4-19-7-6-8-20(5-2)24(19)31-26(33)27(34)32-30-15-18-13-22(29)25(23(14-18)35-3)36-16-17-9-11-21(28)12-10-17/h6-15H,4-5,16H2,1-3H3,(H,31,33)(H,32,34)/b30-15-. The van der Waals surface area contributed by atoms with Crippen LogP contribution in [0.5, 0.6) is 11.5 Å². The van der Waals surface area contributed by atoms with Crippen molar-refractivity contribution in [3.8, 4) is 11.5 Å². The maximum atomic E-state index is 12.4. The Kier molecular flexibility index (Phi) is 9.73. The molecule has 188 valence electrons. The van der Waals surface area contributed by atoms with Gasteiger partial charge in [0.05, 0.1) is 18.3 Å². The van der Waals surface area contributed by atoms with E-state index in [1.165, 1.54) is 13.3 Å².